The maximum absolute atomic E-state index is 10.9. The standard InChI is InChI=1S/C27H30O5/c1-3-25(27(30)20-9-12-22(31-2)13-10-20)26(29)16-11-21(19-7-5-4-6-8-19)17-23-14-15-24(18-28)32-23/h3-10,12-15,17,25-30H,1,11,16,18H2,2H3/b21-17-/t25-,26-,27-/m1/s1. The average Bonchev–Trinajstić information content (AvgIpc) is 3.30. The smallest absolute Gasteiger partial charge is 0.130 e. The first-order chi connectivity index (χ1) is 15.5. The van der Waals surface area contributed by atoms with Gasteiger partial charge in [0.05, 0.1) is 19.3 Å². The van der Waals surface area contributed by atoms with Crippen LogP contribution in [0.4, 0.5) is 0 Å². The van der Waals surface area contributed by atoms with E-state index in [1.807, 2.05) is 42.5 Å². The number of hydrogen-bond donors (Lipinski definition) is 3. The van der Waals surface area contributed by atoms with Crippen LogP contribution in [0.15, 0.2) is 83.8 Å². The highest BCUT2D eigenvalue weighted by molar-refractivity contribution is 5.80. The van der Waals surface area contributed by atoms with Gasteiger partial charge in [0.2, 0.25) is 0 Å². The van der Waals surface area contributed by atoms with Crippen LogP contribution in [-0.4, -0.2) is 28.5 Å². The van der Waals surface area contributed by atoms with Crippen LogP contribution in [0.3, 0.4) is 0 Å². The van der Waals surface area contributed by atoms with Crippen molar-refractivity contribution in [3.63, 3.8) is 0 Å². The molecule has 1 aromatic heterocycles. The molecule has 0 fully saturated rings. The third kappa shape index (κ3) is 5.98. The molecule has 1 heterocycles. The minimum atomic E-state index is -0.880. The molecule has 32 heavy (non-hydrogen) atoms. The Morgan fingerprint density at radius 3 is 2.34 bits per heavy atom. The Morgan fingerprint density at radius 2 is 1.75 bits per heavy atom. The topological polar surface area (TPSA) is 83.1 Å². The second-order valence-corrected chi connectivity index (χ2v) is 7.63. The molecule has 3 rings (SSSR count). The van der Waals surface area contributed by atoms with Gasteiger partial charge in [0.15, 0.2) is 0 Å². The van der Waals surface area contributed by atoms with Gasteiger partial charge in [-0.2, -0.15) is 0 Å². The van der Waals surface area contributed by atoms with Crippen LogP contribution >= 0.6 is 0 Å². The lowest BCUT2D eigenvalue weighted by Crippen LogP contribution is -2.25. The summed E-state index contributed by atoms with van der Waals surface area (Å²) in [6, 6.07) is 20.6. The Kier molecular flexibility index (Phi) is 8.45. The summed E-state index contributed by atoms with van der Waals surface area (Å²) in [6.45, 7) is 3.67. The van der Waals surface area contributed by atoms with Gasteiger partial charge in [0, 0.05) is 5.92 Å². The Balaban J connectivity index is 1.75. The van der Waals surface area contributed by atoms with Gasteiger partial charge in [0.25, 0.3) is 0 Å². The van der Waals surface area contributed by atoms with Crippen molar-refractivity contribution >= 4 is 11.6 Å². The molecule has 5 nitrogen and oxygen atoms in total. The molecule has 0 amide bonds. The molecule has 0 saturated heterocycles. The lowest BCUT2D eigenvalue weighted by Gasteiger charge is -2.25. The summed E-state index contributed by atoms with van der Waals surface area (Å²) in [4.78, 5) is 0. The van der Waals surface area contributed by atoms with Gasteiger partial charge in [-0.25, -0.2) is 0 Å². The maximum atomic E-state index is 10.9. The molecule has 0 aliphatic carbocycles. The lowest BCUT2D eigenvalue weighted by molar-refractivity contribution is 0.0325. The van der Waals surface area contributed by atoms with E-state index in [1.165, 1.54) is 0 Å². The summed E-state index contributed by atoms with van der Waals surface area (Å²) in [6.07, 6.45) is 2.85. The van der Waals surface area contributed by atoms with Crippen LogP contribution in [0.1, 0.15) is 41.6 Å². The first-order valence-electron chi connectivity index (χ1n) is 10.6. The SMILES string of the molecule is C=C[C@H]([C@H](O)CC/C(=C/c1ccc(CO)o1)c1ccccc1)[C@H](O)c1ccc(OC)cc1. The zero-order valence-corrected chi connectivity index (χ0v) is 18.2. The van der Waals surface area contributed by atoms with Crippen molar-refractivity contribution in [2.75, 3.05) is 7.11 Å². The number of furan rings is 1. The first-order valence-corrected chi connectivity index (χ1v) is 10.6. The van der Waals surface area contributed by atoms with E-state index in [0.717, 1.165) is 11.1 Å². The molecule has 0 saturated carbocycles. The van der Waals surface area contributed by atoms with Crippen molar-refractivity contribution in [1.82, 2.24) is 0 Å². The second kappa shape index (κ2) is 11.5. The highest BCUT2D eigenvalue weighted by Crippen LogP contribution is 2.31. The van der Waals surface area contributed by atoms with E-state index in [2.05, 4.69) is 6.58 Å². The lowest BCUT2D eigenvalue weighted by atomic mass is 9.87. The van der Waals surface area contributed by atoms with Gasteiger partial charge in [-0.3, -0.25) is 0 Å². The zero-order valence-electron chi connectivity index (χ0n) is 18.2. The second-order valence-electron chi connectivity index (χ2n) is 7.63. The molecule has 0 spiro atoms. The van der Waals surface area contributed by atoms with Crippen LogP contribution < -0.4 is 4.74 Å². The maximum Gasteiger partial charge on any atom is 0.130 e. The molecule has 0 unspecified atom stereocenters. The third-order valence-corrected chi connectivity index (χ3v) is 5.55. The van der Waals surface area contributed by atoms with E-state index in [9.17, 15) is 15.3 Å². The molecule has 0 radical (unpaired) electrons. The van der Waals surface area contributed by atoms with Gasteiger partial charge in [0.1, 0.15) is 23.9 Å². The molecule has 5 heteroatoms. The molecule has 168 valence electrons. The number of benzene rings is 2. The Labute approximate surface area is 188 Å². The predicted octanol–water partition coefficient (Wildman–Crippen LogP) is 5.00. The van der Waals surface area contributed by atoms with Crippen LogP contribution in [0.2, 0.25) is 0 Å². The monoisotopic (exact) mass is 434 g/mol. The van der Waals surface area contributed by atoms with Gasteiger partial charge in [-0.15, -0.1) is 6.58 Å². The minimum absolute atomic E-state index is 0.155. The molecule has 3 N–H and O–H groups in total. The average molecular weight is 435 g/mol. The van der Waals surface area contributed by atoms with Gasteiger partial charge >= 0.3 is 0 Å². The van der Waals surface area contributed by atoms with Crippen molar-refractivity contribution in [2.24, 2.45) is 5.92 Å². The van der Waals surface area contributed by atoms with E-state index in [4.69, 9.17) is 9.15 Å². The quantitative estimate of drug-likeness (QED) is 0.370. The Hall–Kier alpha value is -3.12. The normalized spacial score (nSPS) is 14.6. The van der Waals surface area contributed by atoms with E-state index in [-0.39, 0.29) is 6.61 Å². The van der Waals surface area contributed by atoms with Gasteiger partial charge < -0.3 is 24.5 Å². The minimum Gasteiger partial charge on any atom is -0.497 e. The van der Waals surface area contributed by atoms with Gasteiger partial charge in [-0.1, -0.05) is 48.5 Å². The molecule has 0 aliphatic heterocycles. The van der Waals surface area contributed by atoms with Crippen LogP contribution in [0.25, 0.3) is 11.6 Å². The number of methoxy groups -OCH3 is 1. The summed E-state index contributed by atoms with van der Waals surface area (Å²) in [5, 5.41) is 31.0. The van der Waals surface area contributed by atoms with E-state index < -0.39 is 18.1 Å². The molecule has 2 aromatic carbocycles. The van der Waals surface area contributed by atoms with E-state index in [1.54, 1.807) is 43.5 Å². The number of ether oxygens (including phenoxy) is 1. The van der Waals surface area contributed by atoms with Crippen molar-refractivity contribution in [3.05, 3.63) is 102 Å². The van der Waals surface area contributed by atoms with Crippen molar-refractivity contribution < 1.29 is 24.5 Å². The summed E-state index contributed by atoms with van der Waals surface area (Å²) >= 11 is 0. The molecular weight excluding hydrogens is 404 g/mol. The van der Waals surface area contributed by atoms with Crippen LogP contribution in [0, 0.1) is 5.92 Å². The Bertz CT molecular complexity index is 1000. The fourth-order valence-corrected chi connectivity index (χ4v) is 3.70. The van der Waals surface area contributed by atoms with Gasteiger partial charge in [-0.05, 0) is 59.9 Å². The number of aliphatic hydroxyl groups is 3. The van der Waals surface area contributed by atoms with Crippen molar-refractivity contribution in [1.29, 1.82) is 0 Å². The fourth-order valence-electron chi connectivity index (χ4n) is 3.70. The molecule has 3 aromatic rings. The molecule has 0 bridgehead atoms. The van der Waals surface area contributed by atoms with Crippen LogP contribution in [0.5, 0.6) is 5.75 Å². The fraction of sp³-hybridized carbons (Fsp3) is 0.259. The molecule has 3 atom stereocenters. The number of aliphatic hydroxyl groups excluding tert-OH is 3. The third-order valence-electron chi connectivity index (χ3n) is 5.55. The largest absolute Gasteiger partial charge is 0.497 e. The molecular formula is C27H30O5. The van der Waals surface area contributed by atoms with Crippen molar-refractivity contribution in [3.8, 4) is 5.75 Å². The van der Waals surface area contributed by atoms with Crippen molar-refractivity contribution in [2.45, 2.75) is 31.7 Å². The highest BCUT2D eigenvalue weighted by Gasteiger charge is 2.25. The summed E-state index contributed by atoms with van der Waals surface area (Å²) in [7, 11) is 1.59. The summed E-state index contributed by atoms with van der Waals surface area (Å²) in [5.41, 5.74) is 2.71. The summed E-state index contributed by atoms with van der Waals surface area (Å²) in [5.74, 6) is 1.32. The first kappa shape index (κ1) is 23.5. The predicted molar refractivity (Wildman–Crippen MR) is 126 cm³/mol. The van der Waals surface area contributed by atoms with Crippen LogP contribution in [-0.2, 0) is 6.61 Å². The number of hydrogen-bond acceptors (Lipinski definition) is 5. The number of allylic oxidation sites excluding steroid dienone is 1. The van der Waals surface area contributed by atoms with E-state index in [0.29, 0.717) is 35.7 Å². The highest BCUT2D eigenvalue weighted by atomic mass is 16.5. The number of rotatable bonds is 11. The van der Waals surface area contributed by atoms with E-state index >= 15 is 0 Å². The molecule has 0 aliphatic rings. The zero-order chi connectivity index (χ0) is 22.9. The summed E-state index contributed by atoms with van der Waals surface area (Å²) < 4.78 is 10.8. The Morgan fingerprint density at radius 1 is 1.03 bits per heavy atom.